The Kier molecular flexibility index (Phi) is 4.13. The van der Waals surface area contributed by atoms with Crippen molar-refractivity contribution in [2.75, 3.05) is 6.61 Å². The van der Waals surface area contributed by atoms with Gasteiger partial charge in [0.2, 0.25) is 5.43 Å². The predicted octanol–water partition coefficient (Wildman–Crippen LogP) is 1.54. The van der Waals surface area contributed by atoms with Crippen molar-refractivity contribution in [2.45, 2.75) is 6.92 Å². The van der Waals surface area contributed by atoms with E-state index >= 15 is 0 Å². The number of nitrogens with zero attached hydrogens (tertiary/aromatic N) is 1. The summed E-state index contributed by atoms with van der Waals surface area (Å²) in [5.74, 6) is -1.17. The van der Waals surface area contributed by atoms with E-state index in [-0.39, 0.29) is 22.2 Å². The molecule has 6 nitrogen and oxygen atoms in total. The molecule has 7 heteroatoms. The molecule has 1 N–H and O–H groups in total. The molecular formula is C14H12BrNO5. The smallest absolute Gasteiger partial charge is 0.355 e. The molecule has 1 aromatic carbocycles. The van der Waals surface area contributed by atoms with Crippen LogP contribution in [-0.4, -0.2) is 22.2 Å². The lowest BCUT2D eigenvalue weighted by molar-refractivity contribution is 0.0515. The summed E-state index contributed by atoms with van der Waals surface area (Å²) in [6.07, 6.45) is 0. The Morgan fingerprint density at radius 2 is 2.00 bits per heavy atom. The molecule has 0 bridgehead atoms. The second-order valence-corrected chi connectivity index (χ2v) is 5.18. The minimum Gasteiger partial charge on any atom is -0.504 e. The van der Waals surface area contributed by atoms with Gasteiger partial charge < -0.3 is 14.4 Å². The summed E-state index contributed by atoms with van der Waals surface area (Å²) in [6, 6.07) is 3.61. The second-order valence-electron chi connectivity index (χ2n) is 4.32. The fraction of sp³-hybridized carbons (Fsp3) is 0.214. The lowest BCUT2D eigenvalue weighted by Crippen LogP contribution is -2.17. The van der Waals surface area contributed by atoms with Crippen LogP contribution >= 0.6 is 15.9 Å². The monoisotopic (exact) mass is 353 g/mol. The van der Waals surface area contributed by atoms with Gasteiger partial charge in [-0.25, -0.2) is 4.79 Å². The molecule has 1 heterocycles. The van der Waals surface area contributed by atoms with E-state index in [0.29, 0.717) is 5.52 Å². The molecule has 0 amide bonds. The molecule has 0 aliphatic carbocycles. The summed E-state index contributed by atoms with van der Waals surface area (Å²) >= 11 is 3.04. The maximum absolute atomic E-state index is 12.1. The zero-order valence-electron chi connectivity index (χ0n) is 11.3. The molecule has 1 aromatic heterocycles. The lowest BCUT2D eigenvalue weighted by Gasteiger charge is -2.10. The number of carbonyl (C=O) groups is 1. The van der Waals surface area contributed by atoms with Gasteiger partial charge in [0.1, 0.15) is 5.69 Å². The maximum atomic E-state index is 12.1. The maximum Gasteiger partial charge on any atom is 0.355 e. The van der Waals surface area contributed by atoms with Crippen LogP contribution in [0.2, 0.25) is 0 Å². The molecule has 0 fully saturated rings. The van der Waals surface area contributed by atoms with Crippen molar-refractivity contribution < 1.29 is 14.6 Å². The molecule has 0 aliphatic heterocycles. The van der Waals surface area contributed by atoms with Gasteiger partial charge in [-0.1, -0.05) is 0 Å². The van der Waals surface area contributed by atoms with E-state index in [1.807, 2.05) is 0 Å². The largest absolute Gasteiger partial charge is 0.504 e. The van der Waals surface area contributed by atoms with Crippen molar-refractivity contribution in [2.24, 2.45) is 7.05 Å². The number of halogens is 1. The number of aromatic nitrogens is 1. The van der Waals surface area contributed by atoms with Crippen molar-refractivity contribution in [1.82, 2.24) is 4.57 Å². The van der Waals surface area contributed by atoms with Crippen LogP contribution in [-0.2, 0) is 11.8 Å². The van der Waals surface area contributed by atoms with Crippen LogP contribution < -0.4 is 10.9 Å². The van der Waals surface area contributed by atoms with E-state index in [9.17, 15) is 19.5 Å². The van der Waals surface area contributed by atoms with Crippen LogP contribution in [0.15, 0.2) is 32.3 Å². The van der Waals surface area contributed by atoms with Gasteiger partial charge in [0.25, 0.3) is 0 Å². The fourth-order valence-electron chi connectivity index (χ4n) is 1.97. The second kappa shape index (κ2) is 5.69. The van der Waals surface area contributed by atoms with Crippen molar-refractivity contribution >= 4 is 32.8 Å². The Labute approximate surface area is 127 Å². The number of pyridine rings is 1. The summed E-state index contributed by atoms with van der Waals surface area (Å²) < 4.78 is 6.42. The van der Waals surface area contributed by atoms with Gasteiger partial charge in [-0.05, 0) is 35.0 Å². The quantitative estimate of drug-likeness (QED) is 0.827. The number of hydrogen-bond acceptors (Lipinski definition) is 5. The van der Waals surface area contributed by atoms with E-state index in [2.05, 4.69) is 15.9 Å². The van der Waals surface area contributed by atoms with Crippen LogP contribution in [0.4, 0.5) is 0 Å². The molecule has 0 saturated carbocycles. The molecule has 0 aliphatic rings. The summed E-state index contributed by atoms with van der Waals surface area (Å²) in [4.78, 5) is 35.7. The predicted molar refractivity (Wildman–Crippen MR) is 80.8 cm³/mol. The molecule has 0 saturated heterocycles. The number of aromatic hydroxyl groups is 1. The first-order valence-corrected chi connectivity index (χ1v) is 6.89. The standard InChI is InChI=1S/C14H12BrNO5/c1-3-21-14(20)10-6-11(17)7-4-12(18)13(19)8(15)5-9(7)16(10)2/h4-6H,3H2,1-2H3,(H,18,19). The summed E-state index contributed by atoms with van der Waals surface area (Å²) in [6.45, 7) is 1.85. The first-order chi connectivity index (χ1) is 9.86. The van der Waals surface area contributed by atoms with Crippen molar-refractivity contribution in [1.29, 1.82) is 0 Å². The molecular weight excluding hydrogens is 342 g/mol. The minimum absolute atomic E-state index is 0.0689. The van der Waals surface area contributed by atoms with Crippen LogP contribution in [0, 0.1) is 0 Å². The van der Waals surface area contributed by atoms with E-state index in [1.165, 1.54) is 10.6 Å². The highest BCUT2D eigenvalue weighted by Gasteiger charge is 2.15. The topological polar surface area (TPSA) is 85.6 Å². The average Bonchev–Trinajstić information content (AvgIpc) is 2.55. The molecule has 2 aromatic rings. The van der Waals surface area contributed by atoms with Crippen molar-refractivity contribution in [3.05, 3.63) is 48.8 Å². The number of carbonyl (C=O) groups excluding carboxylic acids is 1. The highest BCUT2D eigenvalue weighted by molar-refractivity contribution is 9.10. The highest BCUT2D eigenvalue weighted by Crippen LogP contribution is 2.18. The number of esters is 1. The Hall–Kier alpha value is -2.15. The van der Waals surface area contributed by atoms with Crippen LogP contribution in [0.1, 0.15) is 17.4 Å². The van der Waals surface area contributed by atoms with Gasteiger partial charge in [-0.15, -0.1) is 0 Å². The first kappa shape index (κ1) is 15.2. The van der Waals surface area contributed by atoms with E-state index in [1.54, 1.807) is 14.0 Å². The minimum atomic E-state index is -0.636. The van der Waals surface area contributed by atoms with Gasteiger partial charge in [0.05, 0.1) is 16.6 Å². The van der Waals surface area contributed by atoms with Gasteiger partial charge in [0.15, 0.2) is 11.2 Å². The molecule has 2 rings (SSSR count). The third-order valence-electron chi connectivity index (χ3n) is 3.01. The Balaban J connectivity index is 2.95. The highest BCUT2D eigenvalue weighted by atomic mass is 79.9. The fourth-order valence-corrected chi connectivity index (χ4v) is 2.39. The molecule has 21 heavy (non-hydrogen) atoms. The lowest BCUT2D eigenvalue weighted by atomic mass is 10.2. The average molecular weight is 354 g/mol. The summed E-state index contributed by atoms with van der Waals surface area (Å²) in [5, 5.41) is 9.78. The number of aryl methyl sites for hydroxylation is 1. The Morgan fingerprint density at radius 3 is 2.62 bits per heavy atom. The molecule has 0 spiro atoms. The SMILES string of the molecule is CCOC(=O)c1cc(=O)c2cc(O)c(=O)c(Br)cc2n1C. The molecule has 0 unspecified atom stereocenters. The van der Waals surface area contributed by atoms with Gasteiger partial charge in [0, 0.05) is 18.5 Å². The zero-order chi connectivity index (χ0) is 15.7. The summed E-state index contributed by atoms with van der Waals surface area (Å²) in [7, 11) is 1.57. The zero-order valence-corrected chi connectivity index (χ0v) is 12.9. The number of fused-ring (bicyclic) bond motifs is 1. The number of rotatable bonds is 2. The third-order valence-corrected chi connectivity index (χ3v) is 3.60. The first-order valence-electron chi connectivity index (χ1n) is 6.10. The van der Waals surface area contributed by atoms with Gasteiger partial charge >= 0.3 is 5.97 Å². The molecule has 110 valence electrons. The molecule has 0 atom stereocenters. The molecule has 0 radical (unpaired) electrons. The van der Waals surface area contributed by atoms with Crippen LogP contribution in [0.5, 0.6) is 5.75 Å². The summed E-state index contributed by atoms with van der Waals surface area (Å²) in [5.41, 5.74) is -0.721. The van der Waals surface area contributed by atoms with Crippen LogP contribution in [0.25, 0.3) is 10.9 Å². The Bertz CT molecular complexity index is 856. The Morgan fingerprint density at radius 1 is 1.33 bits per heavy atom. The van der Waals surface area contributed by atoms with E-state index in [4.69, 9.17) is 4.74 Å². The number of hydrogen-bond donors (Lipinski definition) is 1. The van der Waals surface area contributed by atoms with Crippen molar-refractivity contribution in [3.63, 3.8) is 0 Å². The van der Waals surface area contributed by atoms with Gasteiger partial charge in [-0.2, -0.15) is 0 Å². The van der Waals surface area contributed by atoms with E-state index in [0.717, 1.165) is 12.1 Å². The van der Waals surface area contributed by atoms with E-state index < -0.39 is 22.6 Å². The van der Waals surface area contributed by atoms with Crippen LogP contribution in [0.3, 0.4) is 0 Å². The third kappa shape index (κ3) is 2.69. The van der Waals surface area contributed by atoms with Gasteiger partial charge in [-0.3, -0.25) is 9.59 Å². The normalized spacial score (nSPS) is 10.6. The number of ether oxygens (including phenoxy) is 1. The van der Waals surface area contributed by atoms with Crippen molar-refractivity contribution in [3.8, 4) is 5.75 Å².